The van der Waals surface area contributed by atoms with E-state index in [2.05, 4.69) is 11.9 Å². The summed E-state index contributed by atoms with van der Waals surface area (Å²) in [4.78, 5) is 17.9. The summed E-state index contributed by atoms with van der Waals surface area (Å²) < 4.78 is 0. The van der Waals surface area contributed by atoms with Gasteiger partial charge in [-0.15, -0.1) is 0 Å². The zero-order valence-electron chi connectivity index (χ0n) is 10.3. The molecule has 1 amide bonds. The Hall–Kier alpha value is -0.800. The zero-order valence-corrected chi connectivity index (χ0v) is 11.8. The number of carbonyl (C=O) groups is 1. The SMILES string of the molecule is CC1CCC(=O)N(Cc2cnc(Cl)cc2Cl)CC1. The minimum atomic E-state index is 0.199. The van der Waals surface area contributed by atoms with Gasteiger partial charge < -0.3 is 4.90 Å². The molecule has 0 saturated carbocycles. The molecule has 0 N–H and O–H groups in total. The van der Waals surface area contributed by atoms with Crippen molar-refractivity contribution in [2.24, 2.45) is 5.92 Å². The summed E-state index contributed by atoms with van der Waals surface area (Å²) in [5, 5.41) is 0.944. The lowest BCUT2D eigenvalue weighted by Gasteiger charge is -2.21. The number of pyridine rings is 1. The van der Waals surface area contributed by atoms with Crippen LogP contribution in [0.3, 0.4) is 0 Å². The molecule has 1 fully saturated rings. The molecule has 0 radical (unpaired) electrons. The number of likely N-dealkylation sites (tertiary alicyclic amines) is 1. The number of hydrogen-bond acceptors (Lipinski definition) is 2. The zero-order chi connectivity index (χ0) is 13.1. The molecule has 1 aliphatic rings. The third kappa shape index (κ3) is 3.36. The number of nitrogens with zero attached hydrogens (tertiary/aromatic N) is 2. The Balaban J connectivity index is 2.09. The van der Waals surface area contributed by atoms with Crippen LogP contribution in [0.4, 0.5) is 0 Å². The Morgan fingerprint density at radius 1 is 1.44 bits per heavy atom. The first-order chi connectivity index (χ1) is 8.56. The molecule has 18 heavy (non-hydrogen) atoms. The van der Waals surface area contributed by atoms with Crippen molar-refractivity contribution in [1.82, 2.24) is 9.88 Å². The van der Waals surface area contributed by atoms with Crippen LogP contribution in [0.2, 0.25) is 10.2 Å². The van der Waals surface area contributed by atoms with Crippen LogP contribution >= 0.6 is 23.2 Å². The van der Waals surface area contributed by atoms with E-state index in [0.29, 0.717) is 29.1 Å². The molecule has 1 aromatic rings. The maximum Gasteiger partial charge on any atom is 0.222 e. The lowest BCUT2D eigenvalue weighted by Crippen LogP contribution is -2.29. The number of rotatable bonds is 2. The maximum atomic E-state index is 12.0. The third-order valence-electron chi connectivity index (χ3n) is 3.35. The second-order valence-electron chi connectivity index (χ2n) is 4.85. The molecule has 1 aromatic heterocycles. The maximum absolute atomic E-state index is 12.0. The molecule has 1 aliphatic heterocycles. The van der Waals surface area contributed by atoms with Gasteiger partial charge in [-0.1, -0.05) is 30.1 Å². The second kappa shape index (κ2) is 5.89. The number of amides is 1. The van der Waals surface area contributed by atoms with Crippen LogP contribution in [0.15, 0.2) is 12.3 Å². The molecule has 2 rings (SSSR count). The van der Waals surface area contributed by atoms with Crippen molar-refractivity contribution in [3.8, 4) is 0 Å². The van der Waals surface area contributed by atoms with Crippen molar-refractivity contribution in [2.75, 3.05) is 6.54 Å². The Labute approximate surface area is 117 Å². The molecular formula is C13H16Cl2N2O. The highest BCUT2D eigenvalue weighted by atomic mass is 35.5. The number of aromatic nitrogens is 1. The summed E-state index contributed by atoms with van der Waals surface area (Å²) in [6.45, 7) is 3.50. The second-order valence-corrected chi connectivity index (χ2v) is 5.64. The van der Waals surface area contributed by atoms with Crippen molar-refractivity contribution >= 4 is 29.1 Å². The van der Waals surface area contributed by atoms with E-state index in [1.165, 1.54) is 0 Å². The molecule has 0 spiro atoms. The highest BCUT2D eigenvalue weighted by molar-refractivity contribution is 6.34. The van der Waals surface area contributed by atoms with Gasteiger partial charge in [0.25, 0.3) is 0 Å². The van der Waals surface area contributed by atoms with Crippen LogP contribution in [0.1, 0.15) is 31.7 Å². The highest BCUT2D eigenvalue weighted by Crippen LogP contribution is 2.23. The first-order valence-corrected chi connectivity index (χ1v) is 6.89. The first-order valence-electron chi connectivity index (χ1n) is 6.14. The van der Waals surface area contributed by atoms with E-state index in [-0.39, 0.29) is 5.91 Å². The predicted octanol–water partition coefficient (Wildman–Crippen LogP) is 3.54. The van der Waals surface area contributed by atoms with Crippen molar-refractivity contribution in [3.05, 3.63) is 28.0 Å². The Morgan fingerprint density at radius 2 is 2.22 bits per heavy atom. The van der Waals surface area contributed by atoms with Crippen molar-refractivity contribution < 1.29 is 4.79 Å². The number of carbonyl (C=O) groups excluding carboxylic acids is 1. The van der Waals surface area contributed by atoms with Gasteiger partial charge in [-0.25, -0.2) is 4.98 Å². The summed E-state index contributed by atoms with van der Waals surface area (Å²) >= 11 is 11.9. The van der Waals surface area contributed by atoms with Gasteiger partial charge in [-0.05, 0) is 24.8 Å². The molecule has 0 aliphatic carbocycles. The minimum absolute atomic E-state index is 0.199. The molecular weight excluding hydrogens is 271 g/mol. The van der Waals surface area contributed by atoms with Gasteiger partial charge in [0.1, 0.15) is 5.15 Å². The Kier molecular flexibility index (Phi) is 4.46. The van der Waals surface area contributed by atoms with E-state index in [1.807, 2.05) is 4.90 Å². The highest BCUT2D eigenvalue weighted by Gasteiger charge is 2.21. The van der Waals surface area contributed by atoms with E-state index >= 15 is 0 Å². The molecule has 1 atom stereocenters. The third-order valence-corrected chi connectivity index (χ3v) is 3.91. The fourth-order valence-electron chi connectivity index (χ4n) is 2.10. The van der Waals surface area contributed by atoms with Gasteiger partial charge in [0.2, 0.25) is 5.91 Å². The Morgan fingerprint density at radius 3 is 2.94 bits per heavy atom. The standard InChI is InChI=1S/C13H16Cl2N2O/c1-9-2-3-13(18)17(5-4-9)8-10-7-16-12(15)6-11(10)14/h6-7,9H,2-5,8H2,1H3. The first kappa shape index (κ1) is 13.6. The van der Waals surface area contributed by atoms with E-state index in [0.717, 1.165) is 24.9 Å². The molecule has 98 valence electrons. The fourth-order valence-corrected chi connectivity index (χ4v) is 2.52. The molecule has 5 heteroatoms. The Bertz CT molecular complexity index is 451. The normalized spacial score (nSPS) is 20.9. The van der Waals surface area contributed by atoms with Gasteiger partial charge in [-0.3, -0.25) is 4.79 Å². The molecule has 1 saturated heterocycles. The monoisotopic (exact) mass is 286 g/mol. The van der Waals surface area contributed by atoms with Crippen molar-refractivity contribution in [2.45, 2.75) is 32.7 Å². The summed E-state index contributed by atoms with van der Waals surface area (Å²) in [6, 6.07) is 1.61. The van der Waals surface area contributed by atoms with Gasteiger partial charge in [0.05, 0.1) is 5.02 Å². The van der Waals surface area contributed by atoms with E-state index < -0.39 is 0 Å². The van der Waals surface area contributed by atoms with Crippen molar-refractivity contribution in [3.63, 3.8) is 0 Å². The number of hydrogen-bond donors (Lipinski definition) is 0. The average Bonchev–Trinajstić information content (AvgIpc) is 2.47. The van der Waals surface area contributed by atoms with Crippen LogP contribution in [0, 0.1) is 5.92 Å². The van der Waals surface area contributed by atoms with Gasteiger partial charge in [0.15, 0.2) is 0 Å². The average molecular weight is 287 g/mol. The molecule has 2 heterocycles. The van der Waals surface area contributed by atoms with Crippen LogP contribution in [0.5, 0.6) is 0 Å². The summed E-state index contributed by atoms with van der Waals surface area (Å²) in [7, 11) is 0. The predicted molar refractivity (Wildman–Crippen MR) is 72.7 cm³/mol. The smallest absolute Gasteiger partial charge is 0.222 e. The van der Waals surface area contributed by atoms with Crippen LogP contribution in [-0.2, 0) is 11.3 Å². The molecule has 0 aromatic carbocycles. The summed E-state index contributed by atoms with van der Waals surface area (Å²) in [5.74, 6) is 0.808. The molecule has 3 nitrogen and oxygen atoms in total. The van der Waals surface area contributed by atoms with E-state index in [9.17, 15) is 4.79 Å². The van der Waals surface area contributed by atoms with Crippen LogP contribution in [0.25, 0.3) is 0 Å². The lowest BCUT2D eigenvalue weighted by molar-refractivity contribution is -0.131. The van der Waals surface area contributed by atoms with E-state index in [1.54, 1.807) is 12.3 Å². The lowest BCUT2D eigenvalue weighted by atomic mass is 10.0. The molecule has 0 bridgehead atoms. The van der Waals surface area contributed by atoms with Gasteiger partial charge in [0, 0.05) is 31.3 Å². The van der Waals surface area contributed by atoms with Crippen LogP contribution in [-0.4, -0.2) is 22.3 Å². The van der Waals surface area contributed by atoms with Crippen LogP contribution < -0.4 is 0 Å². The largest absolute Gasteiger partial charge is 0.338 e. The quantitative estimate of drug-likeness (QED) is 0.779. The summed E-state index contributed by atoms with van der Waals surface area (Å²) in [5.41, 5.74) is 0.851. The summed E-state index contributed by atoms with van der Waals surface area (Å²) in [6.07, 6.45) is 4.29. The van der Waals surface area contributed by atoms with Crippen molar-refractivity contribution in [1.29, 1.82) is 0 Å². The number of halogens is 2. The minimum Gasteiger partial charge on any atom is -0.338 e. The van der Waals surface area contributed by atoms with E-state index in [4.69, 9.17) is 23.2 Å². The van der Waals surface area contributed by atoms with Gasteiger partial charge >= 0.3 is 0 Å². The fraction of sp³-hybridized carbons (Fsp3) is 0.538. The molecule has 1 unspecified atom stereocenters. The topological polar surface area (TPSA) is 33.2 Å². The van der Waals surface area contributed by atoms with Gasteiger partial charge in [-0.2, -0.15) is 0 Å².